The minimum absolute atomic E-state index is 0.0274. The van der Waals surface area contributed by atoms with E-state index in [4.69, 9.17) is 16.3 Å². The molecule has 1 amide bonds. The number of morpholine rings is 1. The number of carbonyl (C=O) groups excluding carboxylic acids is 1. The van der Waals surface area contributed by atoms with E-state index < -0.39 is 0 Å². The Morgan fingerprint density at radius 1 is 1.28 bits per heavy atom. The van der Waals surface area contributed by atoms with E-state index in [0.717, 1.165) is 41.1 Å². The van der Waals surface area contributed by atoms with E-state index in [1.165, 1.54) is 0 Å². The fourth-order valence-electron chi connectivity index (χ4n) is 3.69. The molecule has 29 heavy (non-hydrogen) atoms. The molecule has 0 saturated carbocycles. The minimum Gasteiger partial charge on any atom is -0.379 e. The van der Waals surface area contributed by atoms with Gasteiger partial charge in [-0.2, -0.15) is 0 Å². The molecule has 152 valence electrons. The quantitative estimate of drug-likeness (QED) is 0.671. The molecule has 1 unspecified atom stereocenters. The van der Waals surface area contributed by atoms with Crippen molar-refractivity contribution >= 4 is 28.4 Å². The van der Waals surface area contributed by atoms with Gasteiger partial charge in [0.25, 0.3) is 5.91 Å². The molecule has 0 bridgehead atoms. The number of H-pyrrole nitrogens is 1. The average molecular weight is 414 g/mol. The number of fused-ring (bicyclic) bond motifs is 1. The van der Waals surface area contributed by atoms with Gasteiger partial charge in [-0.25, -0.2) is 9.97 Å². The Bertz CT molecular complexity index is 1010. The van der Waals surface area contributed by atoms with E-state index in [1.54, 1.807) is 6.07 Å². The lowest BCUT2D eigenvalue weighted by Gasteiger charge is -2.34. The van der Waals surface area contributed by atoms with Crippen LogP contribution in [0.2, 0.25) is 5.02 Å². The number of hydrogen-bond acceptors (Lipinski definition) is 5. The lowest BCUT2D eigenvalue weighted by molar-refractivity contribution is 0.0161. The van der Waals surface area contributed by atoms with Gasteiger partial charge in [0, 0.05) is 54.2 Å². The Labute approximate surface area is 174 Å². The summed E-state index contributed by atoms with van der Waals surface area (Å²) >= 11 is 6.52. The van der Waals surface area contributed by atoms with E-state index in [2.05, 4.69) is 25.2 Å². The summed E-state index contributed by atoms with van der Waals surface area (Å²) in [6.45, 7) is 7.20. The normalized spacial score (nSPS) is 16.1. The molecule has 1 aliphatic rings. The Kier molecular flexibility index (Phi) is 5.80. The first-order valence-corrected chi connectivity index (χ1v) is 10.1. The molecule has 1 atom stereocenters. The first-order valence-electron chi connectivity index (χ1n) is 9.69. The van der Waals surface area contributed by atoms with Crippen LogP contribution in [-0.4, -0.2) is 58.6 Å². The summed E-state index contributed by atoms with van der Waals surface area (Å²) in [5.74, 6) is 0.530. The number of hydrogen-bond donors (Lipinski definition) is 2. The number of aromatic nitrogens is 3. The topological polar surface area (TPSA) is 83.1 Å². The highest BCUT2D eigenvalue weighted by atomic mass is 35.5. The van der Waals surface area contributed by atoms with E-state index in [1.807, 2.05) is 38.4 Å². The molecule has 7 nitrogen and oxygen atoms in total. The average Bonchev–Trinajstić information content (AvgIpc) is 3.12. The van der Waals surface area contributed by atoms with Crippen molar-refractivity contribution in [3.8, 4) is 0 Å². The highest BCUT2D eigenvalue weighted by Crippen LogP contribution is 2.28. The second-order valence-corrected chi connectivity index (χ2v) is 7.66. The van der Waals surface area contributed by atoms with Gasteiger partial charge < -0.3 is 15.0 Å². The van der Waals surface area contributed by atoms with Gasteiger partial charge in [0.1, 0.15) is 5.82 Å². The van der Waals surface area contributed by atoms with E-state index >= 15 is 0 Å². The Hall–Kier alpha value is -2.48. The van der Waals surface area contributed by atoms with Crippen LogP contribution in [0.4, 0.5) is 0 Å². The summed E-state index contributed by atoms with van der Waals surface area (Å²) in [4.78, 5) is 27.1. The van der Waals surface area contributed by atoms with Gasteiger partial charge in [-0.15, -0.1) is 0 Å². The molecular weight excluding hydrogens is 390 g/mol. The first kappa shape index (κ1) is 19.8. The fourth-order valence-corrected chi connectivity index (χ4v) is 3.99. The largest absolute Gasteiger partial charge is 0.379 e. The van der Waals surface area contributed by atoms with Gasteiger partial charge in [-0.3, -0.25) is 9.69 Å². The molecule has 1 aliphatic heterocycles. The molecule has 2 aromatic heterocycles. The predicted molar refractivity (Wildman–Crippen MR) is 112 cm³/mol. The number of nitrogens with zero attached hydrogens (tertiary/aromatic N) is 3. The van der Waals surface area contributed by atoms with Crippen LogP contribution in [0.3, 0.4) is 0 Å². The molecule has 3 heterocycles. The van der Waals surface area contributed by atoms with Crippen molar-refractivity contribution < 1.29 is 9.53 Å². The zero-order chi connectivity index (χ0) is 20.4. The number of aromatic amines is 1. The van der Waals surface area contributed by atoms with E-state index in [0.29, 0.717) is 30.3 Å². The maximum Gasteiger partial charge on any atom is 0.252 e. The first-order chi connectivity index (χ1) is 14.0. The number of halogens is 1. The number of nitrogens with one attached hydrogen (secondary N) is 2. The van der Waals surface area contributed by atoms with Crippen LogP contribution >= 0.6 is 11.6 Å². The van der Waals surface area contributed by atoms with Crippen LogP contribution in [0.15, 0.2) is 30.6 Å². The van der Waals surface area contributed by atoms with Crippen LogP contribution in [0.5, 0.6) is 0 Å². The minimum atomic E-state index is -0.193. The van der Waals surface area contributed by atoms with Gasteiger partial charge in [0.15, 0.2) is 0 Å². The number of aryl methyl sites for hydroxylation is 2. The fraction of sp³-hybridized carbons (Fsp3) is 0.381. The van der Waals surface area contributed by atoms with Crippen molar-refractivity contribution in [2.24, 2.45) is 0 Å². The zero-order valence-electron chi connectivity index (χ0n) is 16.5. The summed E-state index contributed by atoms with van der Waals surface area (Å²) < 4.78 is 5.48. The van der Waals surface area contributed by atoms with Crippen molar-refractivity contribution in [2.45, 2.75) is 19.9 Å². The predicted octanol–water partition coefficient (Wildman–Crippen LogP) is 3.03. The van der Waals surface area contributed by atoms with E-state index in [9.17, 15) is 4.79 Å². The number of amides is 1. The van der Waals surface area contributed by atoms with Crippen molar-refractivity contribution in [3.63, 3.8) is 0 Å². The van der Waals surface area contributed by atoms with Crippen LogP contribution in [0, 0.1) is 13.8 Å². The van der Waals surface area contributed by atoms with E-state index in [-0.39, 0.29) is 11.9 Å². The Morgan fingerprint density at radius 3 is 2.72 bits per heavy atom. The van der Waals surface area contributed by atoms with Crippen molar-refractivity contribution in [3.05, 3.63) is 58.3 Å². The molecule has 2 N–H and O–H groups in total. The summed E-state index contributed by atoms with van der Waals surface area (Å²) in [6.07, 6.45) is 3.66. The molecule has 0 aliphatic carbocycles. The maximum atomic E-state index is 12.9. The van der Waals surface area contributed by atoms with Gasteiger partial charge in [-0.05, 0) is 32.0 Å². The third-order valence-corrected chi connectivity index (χ3v) is 5.65. The number of ether oxygens (including phenoxy) is 1. The summed E-state index contributed by atoms with van der Waals surface area (Å²) in [5.41, 5.74) is 3.37. The van der Waals surface area contributed by atoms with Crippen LogP contribution in [0.1, 0.15) is 33.5 Å². The highest BCUT2D eigenvalue weighted by Gasteiger charge is 2.24. The van der Waals surface area contributed by atoms with Crippen LogP contribution in [-0.2, 0) is 4.74 Å². The third kappa shape index (κ3) is 4.27. The van der Waals surface area contributed by atoms with Gasteiger partial charge in [-0.1, -0.05) is 11.6 Å². The van der Waals surface area contributed by atoms with Crippen LogP contribution < -0.4 is 5.32 Å². The summed E-state index contributed by atoms with van der Waals surface area (Å²) in [6, 6.07) is 5.57. The summed E-state index contributed by atoms with van der Waals surface area (Å²) in [5, 5.41) is 4.37. The van der Waals surface area contributed by atoms with Crippen molar-refractivity contribution in [2.75, 3.05) is 32.8 Å². The third-order valence-electron chi connectivity index (χ3n) is 5.25. The molecule has 1 saturated heterocycles. The van der Waals surface area contributed by atoms with Gasteiger partial charge >= 0.3 is 0 Å². The standard InChI is InChI=1S/C21H24ClN5O2/c1-13-9-17-18(26-13)4-3-16(20(17)22)21(28)25-12-19(27-5-7-29-8-6-27)15-10-23-14(2)24-11-15/h3-4,9-11,19,26H,5-8,12H2,1-2H3,(H,25,28). The SMILES string of the molecule is Cc1ncc(C(CNC(=O)c2ccc3[nH]c(C)cc3c2Cl)N2CCOCC2)cn1. The second kappa shape index (κ2) is 8.49. The molecule has 1 aromatic carbocycles. The molecule has 4 rings (SSSR count). The lowest BCUT2D eigenvalue weighted by atomic mass is 10.1. The molecule has 8 heteroatoms. The molecule has 3 aromatic rings. The molecular formula is C21H24ClN5O2. The summed E-state index contributed by atoms with van der Waals surface area (Å²) in [7, 11) is 0. The molecule has 0 spiro atoms. The highest BCUT2D eigenvalue weighted by molar-refractivity contribution is 6.38. The molecule has 0 radical (unpaired) electrons. The van der Waals surface area contributed by atoms with Crippen molar-refractivity contribution in [1.82, 2.24) is 25.2 Å². The van der Waals surface area contributed by atoms with Crippen molar-refractivity contribution in [1.29, 1.82) is 0 Å². The number of carbonyl (C=O) groups is 1. The maximum absolute atomic E-state index is 12.9. The number of rotatable bonds is 5. The van der Waals surface area contributed by atoms with Gasteiger partial charge in [0.05, 0.1) is 29.8 Å². The smallest absolute Gasteiger partial charge is 0.252 e. The monoisotopic (exact) mass is 413 g/mol. The second-order valence-electron chi connectivity index (χ2n) is 7.28. The number of benzene rings is 1. The lowest BCUT2D eigenvalue weighted by Crippen LogP contribution is -2.44. The van der Waals surface area contributed by atoms with Gasteiger partial charge in [0.2, 0.25) is 0 Å². The van der Waals surface area contributed by atoms with Crippen LogP contribution in [0.25, 0.3) is 10.9 Å². The zero-order valence-corrected chi connectivity index (χ0v) is 17.3. The Morgan fingerprint density at radius 2 is 2.00 bits per heavy atom. The molecule has 1 fully saturated rings. The Balaban J connectivity index is 1.54.